The lowest BCUT2D eigenvalue weighted by molar-refractivity contribution is -0.132. The van der Waals surface area contributed by atoms with Crippen molar-refractivity contribution in [2.75, 3.05) is 13.1 Å². The molecule has 1 saturated heterocycles. The molecule has 0 atom stereocenters. The van der Waals surface area contributed by atoms with Gasteiger partial charge < -0.3 is 4.90 Å². The first-order chi connectivity index (χ1) is 8.24. The van der Waals surface area contributed by atoms with Gasteiger partial charge in [-0.1, -0.05) is 6.42 Å². The number of nitrogens with zero attached hydrogens (tertiary/aromatic N) is 1. The highest BCUT2D eigenvalue weighted by atomic mass is 16.5. The Labute approximate surface area is 102 Å². The average molecular weight is 242 g/mol. The van der Waals surface area contributed by atoms with Gasteiger partial charge in [-0.2, -0.15) is 0 Å². The Morgan fingerprint density at radius 3 is 2.29 bits per heavy atom. The van der Waals surface area contributed by atoms with E-state index in [2.05, 4.69) is 0 Å². The van der Waals surface area contributed by atoms with E-state index in [4.69, 9.17) is 5.21 Å². The zero-order valence-corrected chi connectivity index (χ0v) is 10.3. The van der Waals surface area contributed by atoms with E-state index in [9.17, 15) is 9.59 Å². The fraction of sp³-hybridized carbons (Fsp3) is 0.833. The summed E-state index contributed by atoms with van der Waals surface area (Å²) in [5.74, 6) is -0.108. The Bertz CT molecular complexity index is 250. The third-order valence-corrected chi connectivity index (χ3v) is 3.13. The van der Waals surface area contributed by atoms with Crippen molar-refractivity contribution in [2.24, 2.45) is 0 Å². The molecule has 5 heteroatoms. The maximum atomic E-state index is 11.8. The summed E-state index contributed by atoms with van der Waals surface area (Å²) in [6.07, 6.45) is 6.81. The molecule has 17 heavy (non-hydrogen) atoms. The number of carbonyl (C=O) groups is 2. The summed E-state index contributed by atoms with van der Waals surface area (Å²) in [7, 11) is 0. The first kappa shape index (κ1) is 14.0. The molecule has 0 unspecified atom stereocenters. The highest BCUT2D eigenvalue weighted by Gasteiger charge is 2.15. The van der Waals surface area contributed by atoms with Gasteiger partial charge in [0.05, 0.1) is 0 Å². The van der Waals surface area contributed by atoms with Gasteiger partial charge in [0.25, 0.3) is 0 Å². The normalized spacial score (nSPS) is 15.7. The minimum atomic E-state index is -0.354. The number of piperidine rings is 1. The highest BCUT2D eigenvalue weighted by molar-refractivity contribution is 5.76. The van der Waals surface area contributed by atoms with Gasteiger partial charge in [-0.3, -0.25) is 14.8 Å². The molecule has 1 fully saturated rings. The number of hydroxylamine groups is 1. The second-order valence-electron chi connectivity index (χ2n) is 4.54. The van der Waals surface area contributed by atoms with Crippen molar-refractivity contribution in [1.29, 1.82) is 0 Å². The molecule has 1 aliphatic rings. The van der Waals surface area contributed by atoms with Crippen LogP contribution in [-0.2, 0) is 9.59 Å². The molecule has 2 N–H and O–H groups in total. The predicted molar refractivity (Wildman–Crippen MR) is 63.4 cm³/mol. The van der Waals surface area contributed by atoms with Crippen molar-refractivity contribution in [3.05, 3.63) is 0 Å². The SMILES string of the molecule is O=C(CCCCCC(=O)N1CCCCC1)NO. The molecule has 0 aromatic heterocycles. The summed E-state index contributed by atoms with van der Waals surface area (Å²) in [5, 5.41) is 8.29. The topological polar surface area (TPSA) is 69.6 Å². The zero-order chi connectivity index (χ0) is 12.5. The van der Waals surface area contributed by atoms with Crippen molar-refractivity contribution < 1.29 is 14.8 Å². The Hall–Kier alpha value is -1.10. The fourth-order valence-corrected chi connectivity index (χ4v) is 2.10. The van der Waals surface area contributed by atoms with Gasteiger partial charge in [0.2, 0.25) is 11.8 Å². The van der Waals surface area contributed by atoms with Crippen LogP contribution in [-0.4, -0.2) is 35.0 Å². The van der Waals surface area contributed by atoms with Crippen molar-refractivity contribution >= 4 is 11.8 Å². The molecule has 0 spiro atoms. The molecule has 1 rings (SSSR count). The van der Waals surface area contributed by atoms with Gasteiger partial charge in [-0.15, -0.1) is 0 Å². The largest absolute Gasteiger partial charge is 0.343 e. The summed E-state index contributed by atoms with van der Waals surface area (Å²) in [6, 6.07) is 0. The summed E-state index contributed by atoms with van der Waals surface area (Å²) < 4.78 is 0. The average Bonchev–Trinajstić information content (AvgIpc) is 2.38. The summed E-state index contributed by atoms with van der Waals surface area (Å²) in [5.41, 5.74) is 1.60. The van der Waals surface area contributed by atoms with Crippen LogP contribution in [0, 0.1) is 0 Å². The van der Waals surface area contributed by atoms with Crippen molar-refractivity contribution in [3.8, 4) is 0 Å². The summed E-state index contributed by atoms with van der Waals surface area (Å²) in [4.78, 5) is 24.4. The monoisotopic (exact) mass is 242 g/mol. The molecule has 0 bridgehead atoms. The minimum absolute atomic E-state index is 0.247. The summed E-state index contributed by atoms with van der Waals surface area (Å²) in [6.45, 7) is 1.82. The van der Waals surface area contributed by atoms with Gasteiger partial charge in [-0.05, 0) is 32.1 Å². The van der Waals surface area contributed by atoms with Gasteiger partial charge in [0.15, 0.2) is 0 Å². The summed E-state index contributed by atoms with van der Waals surface area (Å²) >= 11 is 0. The molecule has 0 saturated carbocycles. The first-order valence-electron chi connectivity index (χ1n) is 6.45. The maximum Gasteiger partial charge on any atom is 0.243 e. The third kappa shape index (κ3) is 5.68. The quantitative estimate of drug-likeness (QED) is 0.421. The Morgan fingerprint density at radius 2 is 1.65 bits per heavy atom. The molecule has 2 amide bonds. The molecule has 1 aliphatic heterocycles. The van der Waals surface area contributed by atoms with E-state index in [1.165, 1.54) is 6.42 Å². The highest BCUT2D eigenvalue weighted by Crippen LogP contribution is 2.12. The van der Waals surface area contributed by atoms with Crippen LogP contribution in [0.1, 0.15) is 51.4 Å². The number of carbonyl (C=O) groups excluding carboxylic acids is 2. The molecule has 0 aromatic carbocycles. The van der Waals surface area contributed by atoms with Crippen LogP contribution in [0.15, 0.2) is 0 Å². The smallest absolute Gasteiger partial charge is 0.243 e. The molecule has 1 heterocycles. The van der Waals surface area contributed by atoms with Gasteiger partial charge in [0.1, 0.15) is 0 Å². The van der Waals surface area contributed by atoms with Gasteiger partial charge >= 0.3 is 0 Å². The van der Waals surface area contributed by atoms with Crippen molar-refractivity contribution in [2.45, 2.75) is 51.4 Å². The lowest BCUT2D eigenvalue weighted by atomic mass is 10.1. The van der Waals surface area contributed by atoms with Crippen LogP contribution < -0.4 is 5.48 Å². The standard InChI is InChI=1S/C12H22N2O3/c15-11(13-17)7-3-1-4-8-12(16)14-9-5-2-6-10-14/h17H,1-10H2,(H,13,15). The van der Waals surface area contributed by atoms with E-state index < -0.39 is 0 Å². The number of nitrogens with one attached hydrogen (secondary N) is 1. The van der Waals surface area contributed by atoms with E-state index >= 15 is 0 Å². The van der Waals surface area contributed by atoms with E-state index in [1.807, 2.05) is 4.90 Å². The van der Waals surface area contributed by atoms with E-state index in [0.717, 1.165) is 45.2 Å². The number of hydrogen-bond acceptors (Lipinski definition) is 3. The van der Waals surface area contributed by atoms with E-state index in [0.29, 0.717) is 12.8 Å². The Morgan fingerprint density at radius 1 is 1.00 bits per heavy atom. The van der Waals surface area contributed by atoms with Gasteiger partial charge in [-0.25, -0.2) is 5.48 Å². The van der Waals surface area contributed by atoms with Crippen LogP contribution in [0.5, 0.6) is 0 Å². The second-order valence-corrected chi connectivity index (χ2v) is 4.54. The maximum absolute atomic E-state index is 11.8. The molecule has 5 nitrogen and oxygen atoms in total. The number of hydrogen-bond donors (Lipinski definition) is 2. The second kappa shape index (κ2) is 8.06. The van der Waals surface area contributed by atoms with Crippen LogP contribution in [0.3, 0.4) is 0 Å². The lowest BCUT2D eigenvalue weighted by Gasteiger charge is -2.26. The molecule has 98 valence electrons. The number of amides is 2. The molecular weight excluding hydrogens is 220 g/mol. The van der Waals surface area contributed by atoms with Crippen LogP contribution in [0.25, 0.3) is 0 Å². The lowest BCUT2D eigenvalue weighted by Crippen LogP contribution is -2.35. The predicted octanol–water partition coefficient (Wildman–Crippen LogP) is 1.45. The fourth-order valence-electron chi connectivity index (χ4n) is 2.10. The number of rotatable bonds is 6. The Kier molecular flexibility index (Phi) is 6.62. The Balaban J connectivity index is 2.01. The minimum Gasteiger partial charge on any atom is -0.343 e. The van der Waals surface area contributed by atoms with Crippen LogP contribution in [0.2, 0.25) is 0 Å². The first-order valence-corrected chi connectivity index (χ1v) is 6.45. The van der Waals surface area contributed by atoms with Crippen LogP contribution in [0.4, 0.5) is 0 Å². The molecule has 0 aromatic rings. The van der Waals surface area contributed by atoms with Gasteiger partial charge in [0, 0.05) is 25.9 Å². The van der Waals surface area contributed by atoms with Crippen molar-refractivity contribution in [3.63, 3.8) is 0 Å². The zero-order valence-electron chi connectivity index (χ0n) is 10.3. The van der Waals surface area contributed by atoms with Crippen molar-refractivity contribution in [1.82, 2.24) is 10.4 Å². The van der Waals surface area contributed by atoms with Crippen LogP contribution >= 0.6 is 0 Å². The molecule has 0 radical (unpaired) electrons. The van der Waals surface area contributed by atoms with E-state index in [1.54, 1.807) is 5.48 Å². The number of likely N-dealkylation sites (tertiary alicyclic amines) is 1. The third-order valence-electron chi connectivity index (χ3n) is 3.13. The molecular formula is C12H22N2O3. The number of unbranched alkanes of at least 4 members (excludes halogenated alkanes) is 2. The molecule has 0 aliphatic carbocycles. The van der Waals surface area contributed by atoms with E-state index in [-0.39, 0.29) is 11.8 Å².